The molecular weight excluding hydrogens is 252 g/mol. The molecule has 0 bridgehead atoms. The maximum absolute atomic E-state index is 12.0. The molecule has 0 aliphatic rings. The van der Waals surface area contributed by atoms with Gasteiger partial charge in [0.2, 0.25) is 5.91 Å². The molecule has 1 aromatic heterocycles. The lowest BCUT2D eigenvalue weighted by Crippen LogP contribution is -2.31. The third kappa shape index (κ3) is 3.69. The molecule has 1 N–H and O–H groups in total. The smallest absolute Gasteiger partial charge is 0.224 e. The lowest BCUT2D eigenvalue weighted by atomic mass is 10.1. The number of nitriles is 1. The van der Waals surface area contributed by atoms with Crippen molar-refractivity contribution in [2.24, 2.45) is 5.92 Å². The van der Waals surface area contributed by atoms with Gasteiger partial charge in [-0.1, -0.05) is 19.1 Å². The largest absolute Gasteiger partial charge is 0.352 e. The van der Waals surface area contributed by atoms with Gasteiger partial charge in [-0.15, -0.1) is 0 Å². The van der Waals surface area contributed by atoms with E-state index in [-0.39, 0.29) is 11.8 Å². The van der Waals surface area contributed by atoms with Crippen LogP contribution in [-0.4, -0.2) is 15.7 Å². The van der Waals surface area contributed by atoms with Crippen molar-refractivity contribution in [2.45, 2.75) is 20.0 Å². The van der Waals surface area contributed by atoms with Gasteiger partial charge in [0.05, 0.1) is 24.1 Å². The Hall–Kier alpha value is -2.61. The molecule has 1 atom stereocenters. The van der Waals surface area contributed by atoms with Crippen LogP contribution in [0.5, 0.6) is 0 Å². The second kappa shape index (κ2) is 6.53. The minimum absolute atomic E-state index is 0.00939. The van der Waals surface area contributed by atoms with Crippen LogP contribution >= 0.6 is 0 Å². The zero-order valence-corrected chi connectivity index (χ0v) is 11.3. The van der Waals surface area contributed by atoms with Gasteiger partial charge in [-0.3, -0.25) is 9.48 Å². The first-order chi connectivity index (χ1) is 9.69. The predicted octanol–water partition coefficient (Wildman–Crippen LogP) is 1.71. The summed E-state index contributed by atoms with van der Waals surface area (Å²) in [6.07, 6.45) is 3.53. The van der Waals surface area contributed by atoms with Gasteiger partial charge in [-0.25, -0.2) is 0 Å². The summed E-state index contributed by atoms with van der Waals surface area (Å²) in [5.74, 6) is -0.154. The Bertz CT molecular complexity index is 596. The number of carbonyl (C=O) groups excluding carboxylic acids is 1. The average molecular weight is 268 g/mol. The number of hydrogen-bond donors (Lipinski definition) is 1. The van der Waals surface area contributed by atoms with E-state index in [1.54, 1.807) is 23.0 Å². The molecule has 20 heavy (non-hydrogen) atoms. The van der Waals surface area contributed by atoms with E-state index >= 15 is 0 Å². The van der Waals surface area contributed by atoms with Crippen molar-refractivity contribution in [1.29, 1.82) is 5.26 Å². The summed E-state index contributed by atoms with van der Waals surface area (Å²) >= 11 is 0. The van der Waals surface area contributed by atoms with Crippen LogP contribution in [0.4, 0.5) is 0 Å². The Morgan fingerprint density at radius 3 is 2.80 bits per heavy atom. The van der Waals surface area contributed by atoms with Crippen molar-refractivity contribution in [3.63, 3.8) is 0 Å². The molecule has 0 saturated carbocycles. The maximum atomic E-state index is 12.0. The zero-order valence-electron chi connectivity index (χ0n) is 11.3. The minimum atomic E-state index is -0.145. The highest BCUT2D eigenvalue weighted by Gasteiger charge is 2.13. The molecule has 2 rings (SSSR count). The fourth-order valence-electron chi connectivity index (χ4n) is 1.83. The van der Waals surface area contributed by atoms with Crippen LogP contribution in [-0.2, 0) is 17.9 Å². The Kier molecular flexibility index (Phi) is 4.51. The van der Waals surface area contributed by atoms with Gasteiger partial charge >= 0.3 is 0 Å². The molecule has 2 aromatic rings. The molecule has 1 aromatic carbocycles. The van der Waals surface area contributed by atoms with Gasteiger partial charge < -0.3 is 5.32 Å². The molecule has 5 heteroatoms. The number of nitrogens with one attached hydrogen (secondary N) is 1. The van der Waals surface area contributed by atoms with Crippen LogP contribution in [0.25, 0.3) is 0 Å². The second-order valence-electron chi connectivity index (χ2n) is 4.66. The van der Waals surface area contributed by atoms with Crippen molar-refractivity contribution >= 4 is 5.91 Å². The van der Waals surface area contributed by atoms with Crippen molar-refractivity contribution < 1.29 is 4.79 Å². The summed E-state index contributed by atoms with van der Waals surface area (Å²) in [6, 6.07) is 11.1. The summed E-state index contributed by atoms with van der Waals surface area (Å²) in [6.45, 7) is 2.90. The van der Waals surface area contributed by atoms with Crippen molar-refractivity contribution in [3.8, 4) is 6.07 Å². The van der Waals surface area contributed by atoms with Gasteiger partial charge in [0, 0.05) is 18.9 Å². The molecule has 0 radical (unpaired) electrons. The van der Waals surface area contributed by atoms with Crippen molar-refractivity contribution in [1.82, 2.24) is 15.1 Å². The molecule has 0 aliphatic carbocycles. The van der Waals surface area contributed by atoms with E-state index in [4.69, 9.17) is 5.26 Å². The maximum Gasteiger partial charge on any atom is 0.224 e. The van der Waals surface area contributed by atoms with E-state index in [0.717, 1.165) is 5.56 Å². The Balaban J connectivity index is 1.83. The Morgan fingerprint density at radius 2 is 2.20 bits per heavy atom. The summed E-state index contributed by atoms with van der Waals surface area (Å²) in [5.41, 5.74) is 1.59. The molecule has 0 spiro atoms. The lowest BCUT2D eigenvalue weighted by molar-refractivity contribution is -0.125. The van der Waals surface area contributed by atoms with Gasteiger partial charge in [0.1, 0.15) is 0 Å². The fourth-order valence-corrected chi connectivity index (χ4v) is 1.83. The number of nitrogens with zero attached hydrogens (tertiary/aromatic N) is 3. The van der Waals surface area contributed by atoms with E-state index in [1.165, 1.54) is 0 Å². The third-order valence-corrected chi connectivity index (χ3v) is 3.02. The third-order valence-electron chi connectivity index (χ3n) is 3.02. The fraction of sp³-hybridized carbons (Fsp3) is 0.267. The highest BCUT2D eigenvalue weighted by molar-refractivity contribution is 5.78. The van der Waals surface area contributed by atoms with E-state index in [9.17, 15) is 4.79 Å². The van der Waals surface area contributed by atoms with Gasteiger partial charge in [-0.05, 0) is 23.8 Å². The lowest BCUT2D eigenvalue weighted by Gasteiger charge is -2.12. The first-order valence-corrected chi connectivity index (χ1v) is 6.43. The number of benzene rings is 1. The topological polar surface area (TPSA) is 70.7 Å². The van der Waals surface area contributed by atoms with Crippen LogP contribution < -0.4 is 5.32 Å². The Morgan fingerprint density at radius 1 is 1.45 bits per heavy atom. The monoisotopic (exact) mass is 268 g/mol. The number of rotatable bonds is 5. The second-order valence-corrected chi connectivity index (χ2v) is 4.66. The quantitative estimate of drug-likeness (QED) is 0.897. The average Bonchev–Trinajstić information content (AvgIpc) is 2.98. The Labute approximate surface area is 117 Å². The first kappa shape index (κ1) is 13.8. The molecule has 1 heterocycles. The summed E-state index contributed by atoms with van der Waals surface area (Å²) in [4.78, 5) is 12.0. The molecule has 102 valence electrons. The van der Waals surface area contributed by atoms with E-state index < -0.39 is 0 Å². The van der Waals surface area contributed by atoms with Gasteiger partial charge in [-0.2, -0.15) is 10.4 Å². The number of amides is 1. The standard InChI is InChI=1S/C15H16N4O/c1-12(11-19-8-2-7-18-19)15(20)17-10-14-5-3-13(9-16)4-6-14/h2-8,12H,10-11H2,1H3,(H,17,20). The van der Waals surface area contributed by atoms with Crippen LogP contribution in [0.3, 0.4) is 0 Å². The van der Waals surface area contributed by atoms with Crippen molar-refractivity contribution in [2.75, 3.05) is 0 Å². The van der Waals surface area contributed by atoms with Crippen LogP contribution in [0.1, 0.15) is 18.1 Å². The molecular formula is C15H16N4O. The highest BCUT2D eigenvalue weighted by atomic mass is 16.1. The van der Waals surface area contributed by atoms with Crippen LogP contribution in [0.2, 0.25) is 0 Å². The predicted molar refractivity (Wildman–Crippen MR) is 74.4 cm³/mol. The van der Waals surface area contributed by atoms with Gasteiger partial charge in [0.25, 0.3) is 0 Å². The van der Waals surface area contributed by atoms with E-state index in [0.29, 0.717) is 18.7 Å². The van der Waals surface area contributed by atoms with E-state index in [1.807, 2.05) is 31.3 Å². The number of carbonyl (C=O) groups is 1. The van der Waals surface area contributed by atoms with Crippen molar-refractivity contribution in [3.05, 3.63) is 53.9 Å². The molecule has 1 amide bonds. The summed E-state index contributed by atoms with van der Waals surface area (Å²) in [7, 11) is 0. The first-order valence-electron chi connectivity index (χ1n) is 6.43. The molecule has 0 fully saturated rings. The highest BCUT2D eigenvalue weighted by Crippen LogP contribution is 2.04. The van der Waals surface area contributed by atoms with Crippen LogP contribution in [0, 0.1) is 17.2 Å². The van der Waals surface area contributed by atoms with Gasteiger partial charge in [0.15, 0.2) is 0 Å². The SMILES string of the molecule is CC(Cn1cccn1)C(=O)NCc1ccc(C#N)cc1. The zero-order chi connectivity index (χ0) is 14.4. The molecule has 0 saturated heterocycles. The van der Waals surface area contributed by atoms with E-state index in [2.05, 4.69) is 16.5 Å². The minimum Gasteiger partial charge on any atom is -0.352 e. The molecule has 0 aliphatic heterocycles. The van der Waals surface area contributed by atoms with Crippen LogP contribution in [0.15, 0.2) is 42.7 Å². The molecule has 5 nitrogen and oxygen atoms in total. The molecule has 1 unspecified atom stereocenters. The summed E-state index contributed by atoms with van der Waals surface area (Å²) < 4.78 is 1.74. The number of aromatic nitrogens is 2. The normalized spacial score (nSPS) is 11.6. The summed E-state index contributed by atoms with van der Waals surface area (Å²) in [5, 5.41) is 15.7. The number of hydrogen-bond acceptors (Lipinski definition) is 3.